The van der Waals surface area contributed by atoms with E-state index in [1.807, 2.05) is 60.7 Å². The molecule has 2 heterocycles. The van der Waals surface area contributed by atoms with Gasteiger partial charge in [-0.1, -0.05) is 87.9 Å². The van der Waals surface area contributed by atoms with Crippen LogP contribution in [-0.4, -0.2) is 15.4 Å². The van der Waals surface area contributed by atoms with Gasteiger partial charge in [-0.15, -0.1) is 10.2 Å². The van der Waals surface area contributed by atoms with Crippen LogP contribution >= 0.6 is 27.3 Å². The molecule has 1 aromatic heterocycles. The first-order chi connectivity index (χ1) is 15.1. The van der Waals surface area contributed by atoms with Crippen LogP contribution in [0.2, 0.25) is 0 Å². The maximum Gasteiger partial charge on any atom is 0.271 e. The number of thiazole rings is 1. The third-order valence-electron chi connectivity index (χ3n) is 5.06. The molecule has 0 radical (unpaired) electrons. The summed E-state index contributed by atoms with van der Waals surface area (Å²) in [5.41, 5.74) is 2.99. The number of aromatic nitrogens is 1. The monoisotopic (exact) mass is 489 g/mol. The SMILES string of the molecule is O=c1c(=Cc2cc(Br)ccc2O)sc2n1C(c1ccccc1)C(c1ccccc1)=NN=2. The normalized spacial score (nSPS) is 15.8. The maximum absolute atomic E-state index is 13.5. The summed E-state index contributed by atoms with van der Waals surface area (Å²) >= 11 is 4.67. The summed E-state index contributed by atoms with van der Waals surface area (Å²) in [6, 6.07) is 24.3. The highest BCUT2D eigenvalue weighted by molar-refractivity contribution is 9.10. The molecule has 7 heteroatoms. The van der Waals surface area contributed by atoms with E-state index in [0.717, 1.165) is 21.3 Å². The van der Waals surface area contributed by atoms with E-state index in [1.165, 1.54) is 11.3 Å². The Hall–Kier alpha value is -3.29. The molecule has 4 aromatic rings. The van der Waals surface area contributed by atoms with Crippen molar-refractivity contribution in [3.8, 4) is 5.75 Å². The summed E-state index contributed by atoms with van der Waals surface area (Å²) in [4.78, 5) is 14.0. The molecule has 3 aromatic carbocycles. The van der Waals surface area contributed by atoms with Gasteiger partial charge in [0.2, 0.25) is 4.80 Å². The van der Waals surface area contributed by atoms with Gasteiger partial charge >= 0.3 is 0 Å². The quantitative estimate of drug-likeness (QED) is 0.475. The van der Waals surface area contributed by atoms with Gasteiger partial charge in [-0.25, -0.2) is 0 Å². The molecule has 5 nitrogen and oxygen atoms in total. The number of aromatic hydroxyl groups is 1. The van der Waals surface area contributed by atoms with Crippen LogP contribution < -0.4 is 14.9 Å². The number of halogens is 1. The van der Waals surface area contributed by atoms with Crippen LogP contribution in [0.25, 0.3) is 6.08 Å². The van der Waals surface area contributed by atoms with Crippen LogP contribution in [0.4, 0.5) is 0 Å². The Labute approximate surface area is 190 Å². The summed E-state index contributed by atoms with van der Waals surface area (Å²) in [5, 5.41) is 19.1. The molecule has 152 valence electrons. The van der Waals surface area contributed by atoms with Crippen molar-refractivity contribution in [2.24, 2.45) is 10.2 Å². The smallest absolute Gasteiger partial charge is 0.271 e. The highest BCUT2D eigenvalue weighted by Crippen LogP contribution is 2.25. The lowest BCUT2D eigenvalue weighted by atomic mass is 9.96. The third kappa shape index (κ3) is 3.66. The lowest BCUT2D eigenvalue weighted by Crippen LogP contribution is -2.40. The lowest BCUT2D eigenvalue weighted by Gasteiger charge is -2.22. The summed E-state index contributed by atoms with van der Waals surface area (Å²) < 4.78 is 2.99. The van der Waals surface area contributed by atoms with Crippen LogP contribution in [-0.2, 0) is 0 Å². The number of nitrogens with zero attached hydrogens (tertiary/aromatic N) is 3. The highest BCUT2D eigenvalue weighted by Gasteiger charge is 2.28. The Morgan fingerprint density at radius 3 is 2.42 bits per heavy atom. The number of benzene rings is 3. The molecule has 0 spiro atoms. The van der Waals surface area contributed by atoms with E-state index in [0.29, 0.717) is 14.9 Å². The van der Waals surface area contributed by atoms with Crippen molar-refractivity contribution in [2.75, 3.05) is 0 Å². The number of phenols is 1. The van der Waals surface area contributed by atoms with Gasteiger partial charge in [0.25, 0.3) is 5.56 Å². The van der Waals surface area contributed by atoms with Crippen molar-refractivity contribution in [1.82, 2.24) is 4.57 Å². The molecule has 1 N–H and O–H groups in total. The number of phenolic OH excluding ortho intramolecular Hbond substituents is 1. The molecule has 0 aliphatic carbocycles. The van der Waals surface area contributed by atoms with E-state index >= 15 is 0 Å². The largest absolute Gasteiger partial charge is 0.507 e. The molecular formula is C24H16BrN3O2S. The van der Waals surface area contributed by atoms with Gasteiger partial charge in [-0.3, -0.25) is 9.36 Å². The molecule has 0 saturated heterocycles. The predicted octanol–water partition coefficient (Wildman–Crippen LogP) is 3.83. The van der Waals surface area contributed by atoms with Crippen molar-refractivity contribution in [3.05, 3.63) is 120 Å². The van der Waals surface area contributed by atoms with Crippen LogP contribution in [0.5, 0.6) is 5.75 Å². The van der Waals surface area contributed by atoms with Gasteiger partial charge in [0.1, 0.15) is 11.8 Å². The molecule has 1 aliphatic rings. The highest BCUT2D eigenvalue weighted by atomic mass is 79.9. The zero-order valence-electron chi connectivity index (χ0n) is 16.1. The Bertz CT molecular complexity index is 1470. The molecule has 0 saturated carbocycles. The molecule has 0 bridgehead atoms. The molecule has 0 fully saturated rings. The second-order valence-corrected chi connectivity index (χ2v) is 8.96. The van der Waals surface area contributed by atoms with Gasteiger partial charge < -0.3 is 5.11 Å². The van der Waals surface area contributed by atoms with Crippen LogP contribution in [0.15, 0.2) is 98.3 Å². The second kappa shape index (κ2) is 8.09. The average molecular weight is 490 g/mol. The number of fused-ring (bicyclic) bond motifs is 1. The molecule has 1 aliphatic heterocycles. The van der Waals surface area contributed by atoms with E-state index < -0.39 is 6.04 Å². The van der Waals surface area contributed by atoms with E-state index in [9.17, 15) is 9.90 Å². The maximum atomic E-state index is 13.5. The number of hydrogen-bond donors (Lipinski definition) is 1. The first-order valence-electron chi connectivity index (χ1n) is 9.59. The average Bonchev–Trinajstić information content (AvgIpc) is 3.12. The fraction of sp³-hybridized carbons (Fsp3) is 0.0417. The zero-order valence-corrected chi connectivity index (χ0v) is 18.5. The minimum atomic E-state index is -0.391. The van der Waals surface area contributed by atoms with Crippen molar-refractivity contribution in [1.29, 1.82) is 0 Å². The lowest BCUT2D eigenvalue weighted by molar-refractivity contribution is 0.474. The Morgan fingerprint density at radius 1 is 0.968 bits per heavy atom. The third-order valence-corrected chi connectivity index (χ3v) is 6.52. The van der Waals surface area contributed by atoms with Crippen molar-refractivity contribution in [2.45, 2.75) is 6.04 Å². The molecular weight excluding hydrogens is 474 g/mol. The zero-order chi connectivity index (χ0) is 21.4. The Balaban J connectivity index is 1.74. The van der Waals surface area contributed by atoms with Crippen molar-refractivity contribution in [3.63, 3.8) is 0 Å². The molecule has 1 unspecified atom stereocenters. The summed E-state index contributed by atoms with van der Waals surface area (Å²) in [7, 11) is 0. The molecule has 31 heavy (non-hydrogen) atoms. The van der Waals surface area contributed by atoms with E-state index in [4.69, 9.17) is 0 Å². The number of hydrogen-bond acceptors (Lipinski definition) is 5. The Kier molecular flexibility index (Phi) is 5.13. The van der Waals surface area contributed by atoms with Gasteiger partial charge in [0.15, 0.2) is 0 Å². The summed E-state index contributed by atoms with van der Waals surface area (Å²) in [6.45, 7) is 0. The predicted molar refractivity (Wildman–Crippen MR) is 126 cm³/mol. The van der Waals surface area contributed by atoms with Gasteiger partial charge in [-0.05, 0) is 29.8 Å². The topological polar surface area (TPSA) is 66.9 Å². The fourth-order valence-corrected chi connectivity index (χ4v) is 4.92. The van der Waals surface area contributed by atoms with E-state index in [-0.39, 0.29) is 11.3 Å². The summed E-state index contributed by atoms with van der Waals surface area (Å²) in [6.07, 6.45) is 1.69. The second-order valence-electron chi connectivity index (χ2n) is 7.04. The van der Waals surface area contributed by atoms with Gasteiger partial charge in [0.05, 0.1) is 10.2 Å². The van der Waals surface area contributed by atoms with Crippen molar-refractivity contribution >= 4 is 39.1 Å². The van der Waals surface area contributed by atoms with Gasteiger partial charge in [-0.2, -0.15) is 0 Å². The fourth-order valence-electron chi connectivity index (χ4n) is 3.61. The van der Waals surface area contributed by atoms with Crippen LogP contribution in [0.3, 0.4) is 0 Å². The standard InChI is InChI=1S/C24H16BrN3O2S/c25-18-11-12-19(29)17(13-18)14-20-23(30)28-22(16-9-5-2-6-10-16)21(26-27-24(28)31-20)15-7-3-1-4-8-15/h1-14,22,29H. The molecule has 5 rings (SSSR count). The van der Waals surface area contributed by atoms with Crippen molar-refractivity contribution < 1.29 is 5.11 Å². The van der Waals surface area contributed by atoms with Crippen LogP contribution in [0, 0.1) is 0 Å². The Morgan fingerprint density at radius 2 is 1.68 bits per heavy atom. The van der Waals surface area contributed by atoms with Crippen LogP contribution in [0.1, 0.15) is 22.7 Å². The first-order valence-corrected chi connectivity index (χ1v) is 11.2. The van der Waals surface area contributed by atoms with E-state index in [1.54, 1.807) is 28.8 Å². The van der Waals surface area contributed by atoms with E-state index in [2.05, 4.69) is 26.1 Å². The molecule has 0 amide bonds. The summed E-state index contributed by atoms with van der Waals surface area (Å²) in [5.74, 6) is 0.108. The van der Waals surface area contributed by atoms with Gasteiger partial charge in [0, 0.05) is 15.6 Å². The molecule has 1 atom stereocenters. The minimum absolute atomic E-state index is 0.108. The minimum Gasteiger partial charge on any atom is -0.507 e. The number of rotatable bonds is 3. The first kappa shape index (κ1) is 19.7.